The average Bonchev–Trinajstić information content (AvgIpc) is 2.90. The van der Waals surface area contributed by atoms with Crippen molar-refractivity contribution < 1.29 is 29.3 Å². The van der Waals surface area contributed by atoms with Gasteiger partial charge in [-0.15, -0.1) is 11.3 Å². The molecular formula is C18H30N2O6S. The topological polar surface area (TPSA) is 117 Å². The van der Waals surface area contributed by atoms with E-state index in [-0.39, 0.29) is 13.0 Å². The van der Waals surface area contributed by atoms with Crippen LogP contribution < -0.4 is 10.6 Å². The van der Waals surface area contributed by atoms with E-state index in [9.17, 15) is 19.8 Å². The minimum absolute atomic E-state index is 0.144. The first-order chi connectivity index (χ1) is 12.3. The molecule has 0 bridgehead atoms. The van der Waals surface area contributed by atoms with Gasteiger partial charge in [0, 0.05) is 6.54 Å². The van der Waals surface area contributed by atoms with E-state index in [1.54, 1.807) is 53.0 Å². The van der Waals surface area contributed by atoms with Crippen molar-refractivity contribution in [1.29, 1.82) is 0 Å². The number of alkyl carbamates (subject to hydrolysis) is 1. The van der Waals surface area contributed by atoms with Crippen LogP contribution in [0.2, 0.25) is 0 Å². The number of hydrogen-bond acceptors (Lipinski definition) is 7. The van der Waals surface area contributed by atoms with E-state index in [0.717, 1.165) is 0 Å². The van der Waals surface area contributed by atoms with Crippen LogP contribution in [0.15, 0.2) is 11.4 Å². The fourth-order valence-electron chi connectivity index (χ4n) is 1.99. The van der Waals surface area contributed by atoms with Crippen molar-refractivity contribution in [1.82, 2.24) is 5.32 Å². The van der Waals surface area contributed by atoms with Crippen LogP contribution in [0.25, 0.3) is 0 Å². The van der Waals surface area contributed by atoms with Crippen molar-refractivity contribution >= 4 is 28.5 Å². The molecule has 27 heavy (non-hydrogen) atoms. The fourth-order valence-corrected chi connectivity index (χ4v) is 2.81. The van der Waals surface area contributed by atoms with Crippen molar-refractivity contribution in [2.24, 2.45) is 0 Å². The van der Waals surface area contributed by atoms with Gasteiger partial charge < -0.3 is 25.0 Å². The van der Waals surface area contributed by atoms with Crippen LogP contribution in [0, 0.1) is 0 Å². The highest BCUT2D eigenvalue weighted by molar-refractivity contribution is 7.14. The van der Waals surface area contributed by atoms with Gasteiger partial charge in [-0.05, 0) is 65.0 Å². The predicted molar refractivity (Wildman–Crippen MR) is 104 cm³/mol. The number of ether oxygens (including phenoxy) is 2. The Morgan fingerprint density at radius 2 is 1.63 bits per heavy atom. The molecule has 2 atom stereocenters. The zero-order valence-electron chi connectivity index (χ0n) is 16.7. The summed E-state index contributed by atoms with van der Waals surface area (Å²) in [4.78, 5) is 23.3. The monoisotopic (exact) mass is 402 g/mol. The van der Waals surface area contributed by atoms with Crippen molar-refractivity contribution in [3.63, 3.8) is 0 Å². The summed E-state index contributed by atoms with van der Waals surface area (Å²) in [7, 11) is 0. The number of carbonyl (C=O) groups excluding carboxylic acids is 2. The Labute approximate surface area is 163 Å². The SMILES string of the molecule is CC(C)(C)OC(=O)NCCC(O)C(O)c1csc(NC(=O)OC(C)(C)C)c1. The van der Waals surface area contributed by atoms with Gasteiger partial charge in [0.1, 0.15) is 17.3 Å². The van der Waals surface area contributed by atoms with E-state index in [0.29, 0.717) is 10.6 Å². The molecule has 0 saturated heterocycles. The predicted octanol–water partition coefficient (Wildman–Crippen LogP) is 3.40. The van der Waals surface area contributed by atoms with Crippen LogP contribution in [-0.2, 0) is 9.47 Å². The van der Waals surface area contributed by atoms with E-state index >= 15 is 0 Å². The van der Waals surface area contributed by atoms with Gasteiger partial charge in [-0.3, -0.25) is 5.32 Å². The molecule has 0 spiro atoms. The first kappa shape index (κ1) is 23.2. The molecule has 0 aliphatic heterocycles. The van der Waals surface area contributed by atoms with E-state index in [4.69, 9.17) is 9.47 Å². The van der Waals surface area contributed by atoms with Gasteiger partial charge in [0.25, 0.3) is 0 Å². The summed E-state index contributed by atoms with van der Waals surface area (Å²) in [6.45, 7) is 10.7. The van der Waals surface area contributed by atoms with Crippen molar-refractivity contribution in [2.75, 3.05) is 11.9 Å². The highest BCUT2D eigenvalue weighted by Gasteiger charge is 2.22. The molecule has 8 nitrogen and oxygen atoms in total. The lowest BCUT2D eigenvalue weighted by atomic mass is 10.1. The van der Waals surface area contributed by atoms with Crippen LogP contribution in [0.1, 0.15) is 59.6 Å². The number of hydrogen-bond donors (Lipinski definition) is 4. The van der Waals surface area contributed by atoms with Gasteiger partial charge in [-0.1, -0.05) is 0 Å². The molecular weight excluding hydrogens is 372 g/mol. The quantitative estimate of drug-likeness (QED) is 0.579. The Balaban J connectivity index is 2.47. The molecule has 2 unspecified atom stereocenters. The molecule has 0 fully saturated rings. The standard InChI is InChI=1S/C18H30N2O6S/c1-17(2,3)25-15(23)19-8-7-12(21)14(22)11-9-13(27-10-11)20-16(24)26-18(4,5)6/h9-10,12,14,21-22H,7-8H2,1-6H3,(H,19,23)(H,20,24). The normalized spacial score (nSPS) is 14.2. The smallest absolute Gasteiger partial charge is 0.412 e. The van der Waals surface area contributed by atoms with Crippen molar-refractivity contribution in [3.05, 3.63) is 17.0 Å². The largest absolute Gasteiger partial charge is 0.444 e. The summed E-state index contributed by atoms with van der Waals surface area (Å²) in [5, 5.41) is 27.6. The second-order valence-electron chi connectivity index (χ2n) is 8.10. The number of nitrogens with one attached hydrogen (secondary N) is 2. The van der Waals surface area contributed by atoms with Crippen LogP contribution in [0.3, 0.4) is 0 Å². The van der Waals surface area contributed by atoms with Gasteiger partial charge in [0.2, 0.25) is 0 Å². The molecule has 0 aliphatic carbocycles. The lowest BCUT2D eigenvalue weighted by molar-refractivity contribution is 0.0125. The summed E-state index contributed by atoms with van der Waals surface area (Å²) in [6.07, 6.45) is -3.25. The van der Waals surface area contributed by atoms with Crippen LogP contribution in [0.5, 0.6) is 0 Å². The van der Waals surface area contributed by atoms with Crippen LogP contribution >= 0.6 is 11.3 Å². The second kappa shape index (κ2) is 9.38. The molecule has 1 rings (SSSR count). The van der Waals surface area contributed by atoms with Crippen molar-refractivity contribution in [2.45, 2.75) is 71.4 Å². The fraction of sp³-hybridized carbons (Fsp3) is 0.667. The lowest BCUT2D eigenvalue weighted by Gasteiger charge is -2.21. The first-order valence-corrected chi connectivity index (χ1v) is 9.56. The first-order valence-electron chi connectivity index (χ1n) is 8.68. The van der Waals surface area contributed by atoms with Gasteiger partial charge in [-0.25, -0.2) is 9.59 Å². The number of amides is 2. The van der Waals surface area contributed by atoms with Crippen LogP contribution in [0.4, 0.5) is 14.6 Å². The maximum absolute atomic E-state index is 11.8. The number of aliphatic hydroxyl groups excluding tert-OH is 2. The third kappa shape index (κ3) is 9.60. The summed E-state index contributed by atoms with van der Waals surface area (Å²) >= 11 is 1.21. The van der Waals surface area contributed by atoms with Gasteiger partial charge in [0.05, 0.1) is 11.1 Å². The van der Waals surface area contributed by atoms with Crippen molar-refractivity contribution in [3.8, 4) is 0 Å². The molecule has 9 heteroatoms. The Bertz CT molecular complexity index is 633. The molecule has 0 radical (unpaired) electrons. The zero-order valence-corrected chi connectivity index (χ0v) is 17.5. The third-order valence-electron chi connectivity index (χ3n) is 3.06. The number of rotatable bonds is 6. The zero-order chi connectivity index (χ0) is 20.8. The molecule has 154 valence electrons. The van der Waals surface area contributed by atoms with E-state index in [1.807, 2.05) is 0 Å². The maximum Gasteiger partial charge on any atom is 0.412 e. The molecule has 1 aromatic rings. The van der Waals surface area contributed by atoms with Crippen LogP contribution in [-0.4, -0.2) is 46.3 Å². The molecule has 0 saturated carbocycles. The highest BCUT2D eigenvalue weighted by atomic mass is 32.1. The van der Waals surface area contributed by atoms with E-state index in [1.165, 1.54) is 11.3 Å². The molecule has 4 N–H and O–H groups in total. The number of anilines is 1. The summed E-state index contributed by atoms with van der Waals surface area (Å²) < 4.78 is 10.3. The lowest BCUT2D eigenvalue weighted by Crippen LogP contribution is -2.34. The number of aliphatic hydroxyl groups is 2. The minimum atomic E-state index is -1.14. The highest BCUT2D eigenvalue weighted by Crippen LogP contribution is 2.28. The average molecular weight is 403 g/mol. The van der Waals surface area contributed by atoms with Gasteiger partial charge in [-0.2, -0.15) is 0 Å². The molecule has 0 aliphatic rings. The Morgan fingerprint density at radius 3 is 2.19 bits per heavy atom. The summed E-state index contributed by atoms with van der Waals surface area (Å²) in [5.74, 6) is 0. The number of thiophene rings is 1. The van der Waals surface area contributed by atoms with E-state index in [2.05, 4.69) is 10.6 Å². The minimum Gasteiger partial charge on any atom is -0.444 e. The molecule has 0 aromatic carbocycles. The Hall–Kier alpha value is -1.84. The Kier molecular flexibility index (Phi) is 8.06. The molecule has 1 aromatic heterocycles. The maximum atomic E-state index is 11.8. The number of carbonyl (C=O) groups is 2. The van der Waals surface area contributed by atoms with Gasteiger partial charge >= 0.3 is 12.2 Å². The van der Waals surface area contributed by atoms with Gasteiger partial charge in [0.15, 0.2) is 0 Å². The second-order valence-corrected chi connectivity index (χ2v) is 9.01. The summed E-state index contributed by atoms with van der Waals surface area (Å²) in [6, 6.07) is 1.57. The Morgan fingerprint density at radius 1 is 1.07 bits per heavy atom. The molecule has 2 amide bonds. The third-order valence-corrected chi connectivity index (χ3v) is 3.92. The molecule has 1 heterocycles. The van der Waals surface area contributed by atoms with E-state index < -0.39 is 35.6 Å². The summed E-state index contributed by atoms with van der Waals surface area (Å²) in [5.41, 5.74) is -0.743.